The molecule has 27 heavy (non-hydrogen) atoms. The van der Waals surface area contributed by atoms with E-state index in [0.29, 0.717) is 18.8 Å². The molecule has 0 saturated heterocycles. The van der Waals surface area contributed by atoms with Crippen LogP contribution in [0.4, 0.5) is 10.5 Å². The third kappa shape index (κ3) is 3.30. The third-order valence-corrected chi connectivity index (χ3v) is 6.16. The number of nitrogens with zero attached hydrogens (tertiary/aromatic N) is 1. The van der Waals surface area contributed by atoms with Gasteiger partial charge in [-0.1, -0.05) is 24.3 Å². The fourth-order valence-corrected chi connectivity index (χ4v) is 4.15. The van der Waals surface area contributed by atoms with Crippen LogP contribution in [-0.2, 0) is 22.8 Å². The van der Waals surface area contributed by atoms with Crippen molar-refractivity contribution < 1.29 is 13.2 Å². The van der Waals surface area contributed by atoms with Gasteiger partial charge in [-0.2, -0.15) is 0 Å². The molecule has 7 heteroatoms. The molecule has 4 rings (SSSR count). The molecule has 2 N–H and O–H groups in total. The van der Waals surface area contributed by atoms with Crippen molar-refractivity contribution in [2.24, 2.45) is 0 Å². The first kappa shape index (κ1) is 17.6. The second-order valence-corrected chi connectivity index (χ2v) is 8.99. The molecule has 0 radical (unpaired) electrons. The SMILES string of the molecule is Cc1ccc(S(C)(=O)=O)cc1NC(=O)N1CCc2[nH]c3ccccc3c2C1. The van der Waals surface area contributed by atoms with Gasteiger partial charge in [0.25, 0.3) is 0 Å². The molecule has 6 nitrogen and oxygen atoms in total. The van der Waals surface area contributed by atoms with Crippen molar-refractivity contribution in [3.63, 3.8) is 0 Å². The van der Waals surface area contributed by atoms with Crippen LogP contribution in [0.5, 0.6) is 0 Å². The number of anilines is 1. The number of carbonyl (C=O) groups excluding carboxylic acids is 1. The van der Waals surface area contributed by atoms with Crippen molar-refractivity contribution in [3.05, 3.63) is 59.3 Å². The number of amides is 2. The van der Waals surface area contributed by atoms with E-state index in [-0.39, 0.29) is 10.9 Å². The number of aromatic nitrogens is 1. The maximum Gasteiger partial charge on any atom is 0.322 e. The molecule has 1 aliphatic rings. The van der Waals surface area contributed by atoms with Gasteiger partial charge in [-0.25, -0.2) is 13.2 Å². The number of aryl methyl sites for hydroxylation is 1. The molecule has 0 atom stereocenters. The summed E-state index contributed by atoms with van der Waals surface area (Å²) in [4.78, 5) is 18.2. The molecule has 0 saturated carbocycles. The van der Waals surface area contributed by atoms with Crippen LogP contribution in [-0.4, -0.2) is 37.1 Å². The molecular weight excluding hydrogens is 362 g/mol. The van der Waals surface area contributed by atoms with E-state index in [2.05, 4.69) is 16.4 Å². The van der Waals surface area contributed by atoms with Gasteiger partial charge in [0, 0.05) is 53.6 Å². The minimum absolute atomic E-state index is 0.195. The number of benzene rings is 2. The fraction of sp³-hybridized carbons (Fsp3) is 0.250. The van der Waals surface area contributed by atoms with Crippen LogP contribution in [0.3, 0.4) is 0 Å². The maximum absolute atomic E-state index is 12.8. The molecule has 0 unspecified atom stereocenters. The highest BCUT2D eigenvalue weighted by Crippen LogP contribution is 2.28. The number of hydrogen-bond donors (Lipinski definition) is 2. The highest BCUT2D eigenvalue weighted by atomic mass is 32.2. The highest BCUT2D eigenvalue weighted by molar-refractivity contribution is 7.90. The number of para-hydroxylation sites is 1. The Morgan fingerprint density at radius 1 is 1.19 bits per heavy atom. The van der Waals surface area contributed by atoms with Crippen molar-refractivity contribution in [1.29, 1.82) is 0 Å². The Morgan fingerprint density at radius 3 is 2.74 bits per heavy atom. The number of urea groups is 1. The van der Waals surface area contributed by atoms with Crippen molar-refractivity contribution in [3.8, 4) is 0 Å². The first-order valence-corrected chi connectivity index (χ1v) is 10.7. The van der Waals surface area contributed by atoms with Gasteiger partial charge in [0.05, 0.1) is 4.90 Å². The summed E-state index contributed by atoms with van der Waals surface area (Å²) in [5, 5.41) is 4.01. The Balaban J connectivity index is 1.58. The predicted octanol–water partition coefficient (Wildman–Crippen LogP) is 3.47. The summed E-state index contributed by atoms with van der Waals surface area (Å²) < 4.78 is 23.6. The van der Waals surface area contributed by atoms with Gasteiger partial charge in [-0.15, -0.1) is 0 Å². The van der Waals surface area contributed by atoms with E-state index in [1.807, 2.05) is 25.1 Å². The summed E-state index contributed by atoms with van der Waals surface area (Å²) in [5.74, 6) is 0. The largest absolute Gasteiger partial charge is 0.358 e. The van der Waals surface area contributed by atoms with E-state index in [9.17, 15) is 13.2 Å². The lowest BCUT2D eigenvalue weighted by atomic mass is 10.0. The van der Waals surface area contributed by atoms with Crippen LogP contribution < -0.4 is 5.32 Å². The van der Waals surface area contributed by atoms with Crippen LogP contribution in [0.25, 0.3) is 10.9 Å². The Kier molecular flexibility index (Phi) is 4.19. The van der Waals surface area contributed by atoms with Crippen molar-refractivity contribution in [2.75, 3.05) is 18.1 Å². The molecule has 2 amide bonds. The van der Waals surface area contributed by atoms with Gasteiger partial charge >= 0.3 is 6.03 Å². The molecule has 0 aliphatic carbocycles. The lowest BCUT2D eigenvalue weighted by Crippen LogP contribution is -2.38. The van der Waals surface area contributed by atoms with E-state index in [1.165, 1.54) is 11.8 Å². The summed E-state index contributed by atoms with van der Waals surface area (Å²) >= 11 is 0. The molecule has 2 heterocycles. The Hall–Kier alpha value is -2.80. The summed E-state index contributed by atoms with van der Waals surface area (Å²) in [5.41, 5.74) is 4.75. The number of fused-ring (bicyclic) bond motifs is 3. The zero-order valence-corrected chi connectivity index (χ0v) is 16.1. The van der Waals surface area contributed by atoms with Crippen LogP contribution in [0, 0.1) is 6.92 Å². The van der Waals surface area contributed by atoms with Crippen LogP contribution in [0.2, 0.25) is 0 Å². The average Bonchev–Trinajstić information content (AvgIpc) is 3.00. The minimum Gasteiger partial charge on any atom is -0.358 e. The summed E-state index contributed by atoms with van der Waals surface area (Å²) in [6.45, 7) is 2.97. The number of carbonyl (C=O) groups is 1. The lowest BCUT2D eigenvalue weighted by Gasteiger charge is -2.27. The van der Waals surface area contributed by atoms with E-state index in [1.54, 1.807) is 17.0 Å². The van der Waals surface area contributed by atoms with Crippen LogP contribution in [0.15, 0.2) is 47.4 Å². The fourth-order valence-electron chi connectivity index (χ4n) is 3.50. The Labute approximate surface area is 158 Å². The molecule has 2 aromatic carbocycles. The molecule has 0 spiro atoms. The summed E-state index contributed by atoms with van der Waals surface area (Å²) in [6.07, 6.45) is 1.92. The first-order chi connectivity index (χ1) is 12.8. The van der Waals surface area contributed by atoms with Crippen LogP contribution >= 0.6 is 0 Å². The van der Waals surface area contributed by atoms with E-state index in [4.69, 9.17) is 0 Å². The smallest absolute Gasteiger partial charge is 0.322 e. The molecule has 3 aromatic rings. The third-order valence-electron chi connectivity index (χ3n) is 5.05. The molecule has 0 bridgehead atoms. The van der Waals surface area contributed by atoms with Gasteiger partial charge in [0.2, 0.25) is 0 Å². The zero-order chi connectivity index (χ0) is 19.2. The zero-order valence-electron chi connectivity index (χ0n) is 15.2. The van der Waals surface area contributed by atoms with E-state index in [0.717, 1.165) is 34.7 Å². The van der Waals surface area contributed by atoms with Gasteiger partial charge in [-0.05, 0) is 30.7 Å². The Bertz CT molecular complexity index is 1150. The minimum atomic E-state index is -3.33. The highest BCUT2D eigenvalue weighted by Gasteiger charge is 2.24. The lowest BCUT2D eigenvalue weighted by molar-refractivity contribution is 0.206. The van der Waals surface area contributed by atoms with E-state index < -0.39 is 9.84 Å². The number of aromatic amines is 1. The molecule has 1 aliphatic heterocycles. The van der Waals surface area contributed by atoms with Crippen molar-refractivity contribution in [2.45, 2.75) is 24.8 Å². The van der Waals surface area contributed by atoms with Crippen molar-refractivity contribution >= 4 is 32.5 Å². The second-order valence-electron chi connectivity index (χ2n) is 6.98. The number of hydrogen-bond acceptors (Lipinski definition) is 3. The van der Waals surface area contributed by atoms with Crippen LogP contribution in [0.1, 0.15) is 16.8 Å². The summed E-state index contributed by atoms with van der Waals surface area (Å²) in [6, 6.07) is 12.6. The number of sulfone groups is 1. The molecule has 140 valence electrons. The van der Waals surface area contributed by atoms with E-state index >= 15 is 0 Å². The Morgan fingerprint density at radius 2 is 1.96 bits per heavy atom. The second kappa shape index (κ2) is 6.42. The normalized spacial score (nSPS) is 14.2. The summed E-state index contributed by atoms with van der Waals surface area (Å²) in [7, 11) is -3.33. The van der Waals surface area contributed by atoms with Crippen molar-refractivity contribution in [1.82, 2.24) is 9.88 Å². The quantitative estimate of drug-likeness (QED) is 0.711. The van der Waals surface area contributed by atoms with Gasteiger partial charge < -0.3 is 15.2 Å². The molecule has 0 fully saturated rings. The topological polar surface area (TPSA) is 82.3 Å². The van der Waals surface area contributed by atoms with Gasteiger partial charge in [0.15, 0.2) is 9.84 Å². The predicted molar refractivity (Wildman–Crippen MR) is 106 cm³/mol. The van der Waals surface area contributed by atoms with Gasteiger partial charge in [0.1, 0.15) is 0 Å². The number of nitrogens with one attached hydrogen (secondary N) is 2. The maximum atomic E-state index is 12.8. The molecular formula is C20H21N3O3S. The number of H-pyrrole nitrogens is 1. The van der Waals surface area contributed by atoms with Gasteiger partial charge in [-0.3, -0.25) is 0 Å². The first-order valence-electron chi connectivity index (χ1n) is 8.78. The number of rotatable bonds is 2. The molecule has 1 aromatic heterocycles. The monoisotopic (exact) mass is 383 g/mol. The standard InChI is InChI=1S/C20H21N3O3S/c1-13-7-8-14(27(2,25)26)11-19(13)22-20(24)23-10-9-18-16(12-23)15-5-3-4-6-17(15)21-18/h3-8,11,21H,9-10,12H2,1-2H3,(H,22,24). The average molecular weight is 383 g/mol.